The van der Waals surface area contributed by atoms with Gasteiger partial charge >= 0.3 is 6.16 Å². The van der Waals surface area contributed by atoms with Crippen molar-refractivity contribution in [3.05, 3.63) is 33.9 Å². The van der Waals surface area contributed by atoms with E-state index in [1.807, 2.05) is 0 Å². The van der Waals surface area contributed by atoms with Gasteiger partial charge in [0.1, 0.15) is 17.4 Å². The first-order valence-corrected chi connectivity index (χ1v) is 11.7. The van der Waals surface area contributed by atoms with Gasteiger partial charge in [0.15, 0.2) is 5.75 Å². The SMILES string of the molecule is C[C@H](N)C(=O)N1CCC[C@H]2CN(c3c(F)cc4c(=O)c(OC(=O)O)cn(C5CC5)c4c3C#N)C[C@H]21.Cl. The van der Waals surface area contributed by atoms with Crippen molar-refractivity contribution in [2.24, 2.45) is 11.7 Å². The Morgan fingerprint density at radius 3 is 2.64 bits per heavy atom. The zero-order chi connectivity index (χ0) is 25.0. The number of halogens is 2. The number of carbonyl (C=O) groups excluding carboxylic acids is 1. The molecule has 1 aromatic heterocycles. The van der Waals surface area contributed by atoms with Crippen molar-refractivity contribution in [3.8, 4) is 11.8 Å². The number of carbonyl (C=O) groups is 2. The summed E-state index contributed by atoms with van der Waals surface area (Å²) in [7, 11) is 0. The van der Waals surface area contributed by atoms with Crippen LogP contribution in [0.5, 0.6) is 5.75 Å². The summed E-state index contributed by atoms with van der Waals surface area (Å²) in [6.07, 6.45) is 2.92. The summed E-state index contributed by atoms with van der Waals surface area (Å²) in [4.78, 5) is 40.3. The number of aromatic nitrogens is 1. The standard InChI is InChI=1S/C24H26FN5O5.ClH/c1-12(27)23(32)29-6-2-3-13-9-28(10-18(13)29)21-16(8-26)20-15(7-17(21)25)22(31)19(35-24(33)34)11-30(20)14-4-5-14;/h7,11-14,18H,2-6,9-10,27H2,1H3,(H,33,34);1H/t12-,13-,18+;/m0./s1. The number of hydrogen-bond acceptors (Lipinski definition) is 7. The summed E-state index contributed by atoms with van der Waals surface area (Å²) in [5, 5.41) is 19.1. The molecule has 10 nitrogen and oxygen atoms in total. The number of nitrogens with zero attached hydrogens (tertiary/aromatic N) is 4. The average Bonchev–Trinajstić information content (AvgIpc) is 3.57. The third kappa shape index (κ3) is 4.24. The highest BCUT2D eigenvalue weighted by molar-refractivity contribution is 5.92. The molecule has 2 saturated heterocycles. The zero-order valence-electron chi connectivity index (χ0n) is 19.6. The Morgan fingerprint density at radius 2 is 2.03 bits per heavy atom. The van der Waals surface area contributed by atoms with E-state index in [0.717, 1.165) is 31.7 Å². The molecule has 0 bridgehead atoms. The summed E-state index contributed by atoms with van der Waals surface area (Å²) >= 11 is 0. The van der Waals surface area contributed by atoms with E-state index in [1.165, 1.54) is 6.20 Å². The fourth-order valence-electron chi connectivity index (χ4n) is 5.57. The second kappa shape index (κ2) is 9.59. The lowest BCUT2D eigenvalue weighted by atomic mass is 9.91. The third-order valence-corrected chi connectivity index (χ3v) is 7.23. The van der Waals surface area contributed by atoms with Gasteiger partial charge in [-0.1, -0.05) is 0 Å². The summed E-state index contributed by atoms with van der Waals surface area (Å²) in [5.41, 5.74) is 5.45. The van der Waals surface area contributed by atoms with Crippen molar-refractivity contribution in [1.82, 2.24) is 9.47 Å². The van der Waals surface area contributed by atoms with Crippen LogP contribution in [-0.2, 0) is 4.79 Å². The van der Waals surface area contributed by atoms with Crippen molar-refractivity contribution in [2.45, 2.75) is 50.7 Å². The smallest absolute Gasteiger partial charge is 0.449 e. The second-order valence-electron chi connectivity index (χ2n) is 9.61. The van der Waals surface area contributed by atoms with Gasteiger partial charge in [0.05, 0.1) is 34.9 Å². The number of piperidine rings is 1. The quantitative estimate of drug-likeness (QED) is 0.587. The van der Waals surface area contributed by atoms with Crippen LogP contribution in [0.4, 0.5) is 14.9 Å². The monoisotopic (exact) mass is 519 g/mol. The van der Waals surface area contributed by atoms with Crippen LogP contribution in [0.25, 0.3) is 10.9 Å². The van der Waals surface area contributed by atoms with E-state index in [-0.39, 0.29) is 58.5 Å². The lowest BCUT2D eigenvalue weighted by Gasteiger charge is -2.37. The van der Waals surface area contributed by atoms with Crippen molar-refractivity contribution < 1.29 is 23.8 Å². The minimum absolute atomic E-state index is 0. The molecule has 12 heteroatoms. The zero-order valence-corrected chi connectivity index (χ0v) is 20.5. The van der Waals surface area contributed by atoms with Gasteiger partial charge in [0.25, 0.3) is 0 Å². The Balaban J connectivity index is 0.00000304. The molecule has 1 saturated carbocycles. The average molecular weight is 520 g/mol. The molecule has 5 rings (SSSR count). The molecule has 192 valence electrons. The van der Waals surface area contributed by atoms with Crippen LogP contribution < -0.4 is 20.8 Å². The van der Waals surface area contributed by atoms with Crippen LogP contribution >= 0.6 is 12.4 Å². The molecule has 0 unspecified atom stereocenters. The molecule has 1 aliphatic carbocycles. The number of nitrogens with two attached hydrogens (primary N) is 1. The van der Waals surface area contributed by atoms with E-state index in [9.17, 15) is 19.6 Å². The maximum Gasteiger partial charge on any atom is 0.511 e. The number of hydrogen-bond donors (Lipinski definition) is 2. The maximum atomic E-state index is 15.6. The molecule has 2 aromatic rings. The lowest BCUT2D eigenvalue weighted by molar-refractivity contribution is -0.136. The predicted octanol–water partition coefficient (Wildman–Crippen LogP) is 2.60. The van der Waals surface area contributed by atoms with E-state index in [4.69, 9.17) is 10.8 Å². The van der Waals surface area contributed by atoms with Crippen molar-refractivity contribution in [1.29, 1.82) is 5.26 Å². The number of benzene rings is 1. The van der Waals surface area contributed by atoms with Crippen LogP contribution in [0.2, 0.25) is 0 Å². The highest BCUT2D eigenvalue weighted by Crippen LogP contribution is 2.42. The first-order chi connectivity index (χ1) is 16.7. The number of fused-ring (bicyclic) bond motifs is 2. The van der Waals surface area contributed by atoms with Gasteiger partial charge in [-0.3, -0.25) is 9.59 Å². The van der Waals surface area contributed by atoms with E-state index in [1.54, 1.807) is 21.3 Å². The van der Waals surface area contributed by atoms with Gasteiger partial charge in [-0.15, -0.1) is 12.4 Å². The summed E-state index contributed by atoms with van der Waals surface area (Å²) in [6, 6.07) is 2.35. The van der Waals surface area contributed by atoms with Crippen molar-refractivity contribution in [2.75, 3.05) is 24.5 Å². The number of likely N-dealkylation sites (tertiary alicyclic amines) is 1. The number of ether oxygens (including phenoxy) is 1. The minimum Gasteiger partial charge on any atom is -0.449 e. The summed E-state index contributed by atoms with van der Waals surface area (Å²) < 4.78 is 21.9. The van der Waals surface area contributed by atoms with Crippen molar-refractivity contribution >= 4 is 41.1 Å². The van der Waals surface area contributed by atoms with E-state index in [2.05, 4.69) is 10.8 Å². The molecule has 36 heavy (non-hydrogen) atoms. The topological polar surface area (TPSA) is 142 Å². The highest BCUT2D eigenvalue weighted by Gasteiger charge is 2.43. The molecular formula is C24H27ClFN5O5. The first-order valence-electron chi connectivity index (χ1n) is 11.7. The fraction of sp³-hybridized carbons (Fsp3) is 0.500. The molecule has 2 aliphatic heterocycles. The number of amides is 1. The van der Waals surface area contributed by atoms with Crippen LogP contribution in [-0.4, -0.2) is 58.4 Å². The number of pyridine rings is 1. The number of nitriles is 1. The first kappa shape index (κ1) is 25.7. The number of rotatable bonds is 4. The Labute approximate surface area is 212 Å². The van der Waals surface area contributed by atoms with E-state index >= 15 is 4.39 Å². The molecule has 3 N–H and O–H groups in total. The normalized spacial score (nSPS) is 21.9. The summed E-state index contributed by atoms with van der Waals surface area (Å²) in [5.74, 6) is -1.20. The Kier molecular flexibility index (Phi) is 6.86. The molecule has 3 atom stereocenters. The largest absolute Gasteiger partial charge is 0.511 e. The Morgan fingerprint density at radius 1 is 1.31 bits per heavy atom. The fourth-order valence-corrected chi connectivity index (χ4v) is 5.57. The van der Waals surface area contributed by atoms with Gasteiger partial charge in [-0.25, -0.2) is 9.18 Å². The molecule has 3 fully saturated rings. The van der Waals surface area contributed by atoms with Gasteiger partial charge in [-0.05, 0) is 44.6 Å². The van der Waals surface area contributed by atoms with Crippen LogP contribution in [0, 0.1) is 23.1 Å². The maximum absolute atomic E-state index is 15.6. The number of anilines is 1. The van der Waals surface area contributed by atoms with Gasteiger partial charge in [0.2, 0.25) is 11.3 Å². The highest BCUT2D eigenvalue weighted by atomic mass is 35.5. The van der Waals surface area contributed by atoms with Crippen LogP contribution in [0.15, 0.2) is 17.1 Å². The molecule has 1 aromatic carbocycles. The van der Waals surface area contributed by atoms with Gasteiger partial charge in [-0.2, -0.15) is 5.26 Å². The van der Waals surface area contributed by atoms with Gasteiger partial charge in [0, 0.05) is 25.7 Å². The number of carboxylic acid groups (broad SMARTS) is 1. The molecule has 3 aliphatic rings. The second-order valence-corrected chi connectivity index (χ2v) is 9.61. The molecule has 3 heterocycles. The van der Waals surface area contributed by atoms with E-state index in [0.29, 0.717) is 19.6 Å². The Hall–Kier alpha value is -3.36. The third-order valence-electron chi connectivity index (χ3n) is 7.23. The molecular weight excluding hydrogens is 493 g/mol. The van der Waals surface area contributed by atoms with Crippen molar-refractivity contribution in [3.63, 3.8) is 0 Å². The predicted molar refractivity (Wildman–Crippen MR) is 131 cm³/mol. The minimum atomic E-state index is -1.65. The molecule has 0 spiro atoms. The van der Waals surface area contributed by atoms with Crippen LogP contribution in [0.1, 0.15) is 44.2 Å². The summed E-state index contributed by atoms with van der Waals surface area (Å²) in [6.45, 7) is 3.07. The Bertz CT molecular complexity index is 1340. The lowest BCUT2D eigenvalue weighted by Crippen LogP contribution is -2.53. The molecule has 1 amide bonds. The van der Waals surface area contributed by atoms with E-state index < -0.39 is 29.2 Å². The molecule has 0 radical (unpaired) electrons. The van der Waals surface area contributed by atoms with Crippen LogP contribution in [0.3, 0.4) is 0 Å². The van der Waals surface area contributed by atoms with Gasteiger partial charge < -0.3 is 29.9 Å².